The molecule has 0 heterocycles. The van der Waals surface area contributed by atoms with Crippen LogP contribution in [0, 0.1) is 0 Å². The van der Waals surface area contributed by atoms with E-state index in [1.54, 1.807) is 31.2 Å². The molecule has 0 radical (unpaired) electrons. The van der Waals surface area contributed by atoms with Crippen molar-refractivity contribution in [2.24, 2.45) is 0 Å². The quantitative estimate of drug-likeness (QED) is 0.750. The molecule has 0 aliphatic heterocycles. The number of ether oxygens (including phenoxy) is 3. The van der Waals surface area contributed by atoms with Crippen LogP contribution in [-0.2, 0) is 16.1 Å². The van der Waals surface area contributed by atoms with Crippen LogP contribution in [0.25, 0.3) is 0 Å². The lowest BCUT2D eigenvalue weighted by atomic mass is 10.2. The minimum Gasteiger partial charge on any atom is -0.493 e. The Morgan fingerprint density at radius 1 is 1.08 bits per heavy atom. The van der Waals surface area contributed by atoms with Gasteiger partial charge in [-0.15, -0.1) is 0 Å². The Hall–Kier alpha value is -2.73. The first-order valence-corrected chi connectivity index (χ1v) is 8.27. The molecular formula is C19H20ClNO5. The molecule has 2 aromatic carbocycles. The standard InChI is InChI=1S/C19H20ClNO5/c1-12(18(22)21-11-13-4-7-15(20)8-5-13)26-16-9-6-14(19(23)25-3)10-17(16)24-2/h4-10,12H,11H2,1-3H3,(H,21,22). The van der Waals surface area contributed by atoms with Gasteiger partial charge in [-0.1, -0.05) is 23.7 Å². The number of hydrogen-bond donors (Lipinski definition) is 1. The summed E-state index contributed by atoms with van der Waals surface area (Å²) in [6.45, 7) is 1.99. The van der Waals surface area contributed by atoms with Crippen molar-refractivity contribution < 1.29 is 23.8 Å². The summed E-state index contributed by atoms with van der Waals surface area (Å²) in [5.74, 6) is -0.0674. The van der Waals surface area contributed by atoms with E-state index in [2.05, 4.69) is 10.1 Å². The molecule has 0 aliphatic rings. The van der Waals surface area contributed by atoms with E-state index in [-0.39, 0.29) is 5.91 Å². The Morgan fingerprint density at radius 3 is 2.38 bits per heavy atom. The molecule has 1 amide bonds. The Labute approximate surface area is 157 Å². The third-order valence-corrected chi connectivity index (χ3v) is 3.89. The number of benzene rings is 2. The van der Waals surface area contributed by atoms with E-state index in [0.717, 1.165) is 5.56 Å². The number of esters is 1. The number of carbonyl (C=O) groups excluding carboxylic acids is 2. The van der Waals surface area contributed by atoms with Crippen LogP contribution in [0.15, 0.2) is 42.5 Å². The van der Waals surface area contributed by atoms with E-state index in [0.29, 0.717) is 28.6 Å². The van der Waals surface area contributed by atoms with Crippen molar-refractivity contribution in [2.45, 2.75) is 19.6 Å². The highest BCUT2D eigenvalue weighted by atomic mass is 35.5. The van der Waals surface area contributed by atoms with Gasteiger partial charge in [0.25, 0.3) is 5.91 Å². The molecule has 0 bridgehead atoms. The van der Waals surface area contributed by atoms with Gasteiger partial charge < -0.3 is 19.5 Å². The molecule has 0 spiro atoms. The molecule has 1 N–H and O–H groups in total. The minimum absolute atomic E-state index is 0.279. The second-order valence-electron chi connectivity index (χ2n) is 5.46. The van der Waals surface area contributed by atoms with Gasteiger partial charge >= 0.3 is 5.97 Å². The van der Waals surface area contributed by atoms with Crippen molar-refractivity contribution in [1.82, 2.24) is 5.32 Å². The first kappa shape index (κ1) is 19.6. The predicted octanol–water partition coefficient (Wildman–Crippen LogP) is 3.22. The van der Waals surface area contributed by atoms with Gasteiger partial charge in [-0.3, -0.25) is 4.79 Å². The van der Waals surface area contributed by atoms with Crippen molar-refractivity contribution in [1.29, 1.82) is 0 Å². The first-order valence-electron chi connectivity index (χ1n) is 7.89. The summed E-state index contributed by atoms with van der Waals surface area (Å²) in [6.07, 6.45) is -0.750. The van der Waals surface area contributed by atoms with Crippen LogP contribution in [0.1, 0.15) is 22.8 Å². The first-order chi connectivity index (χ1) is 12.4. The topological polar surface area (TPSA) is 73.9 Å². The number of rotatable bonds is 7. The molecule has 0 aliphatic carbocycles. The van der Waals surface area contributed by atoms with Gasteiger partial charge in [0.05, 0.1) is 19.8 Å². The molecule has 138 valence electrons. The summed E-state index contributed by atoms with van der Waals surface area (Å²) < 4.78 is 15.6. The Balaban J connectivity index is 1.99. The molecule has 0 fully saturated rings. The second-order valence-corrected chi connectivity index (χ2v) is 5.90. The summed E-state index contributed by atoms with van der Waals surface area (Å²) >= 11 is 5.84. The van der Waals surface area contributed by atoms with Crippen LogP contribution in [0.3, 0.4) is 0 Å². The second kappa shape index (κ2) is 9.10. The maximum Gasteiger partial charge on any atom is 0.337 e. The number of hydrogen-bond acceptors (Lipinski definition) is 5. The summed E-state index contributed by atoms with van der Waals surface area (Å²) in [5, 5.41) is 3.43. The van der Waals surface area contributed by atoms with Crippen LogP contribution < -0.4 is 14.8 Å². The summed E-state index contributed by atoms with van der Waals surface area (Å²) in [4.78, 5) is 23.8. The van der Waals surface area contributed by atoms with Crippen molar-refractivity contribution in [3.05, 3.63) is 58.6 Å². The lowest BCUT2D eigenvalue weighted by Gasteiger charge is -2.17. The third kappa shape index (κ3) is 5.13. The molecular weight excluding hydrogens is 358 g/mol. The van der Waals surface area contributed by atoms with Crippen molar-refractivity contribution >= 4 is 23.5 Å². The molecule has 26 heavy (non-hydrogen) atoms. The van der Waals surface area contributed by atoms with E-state index >= 15 is 0 Å². The fourth-order valence-corrected chi connectivity index (χ4v) is 2.31. The fraction of sp³-hybridized carbons (Fsp3) is 0.263. The number of carbonyl (C=O) groups is 2. The highest BCUT2D eigenvalue weighted by molar-refractivity contribution is 6.30. The summed E-state index contributed by atoms with van der Waals surface area (Å²) in [7, 11) is 2.75. The molecule has 2 aromatic rings. The van der Waals surface area contributed by atoms with Crippen LogP contribution in [0.5, 0.6) is 11.5 Å². The van der Waals surface area contributed by atoms with E-state index in [1.807, 2.05) is 12.1 Å². The largest absolute Gasteiger partial charge is 0.493 e. The predicted molar refractivity (Wildman–Crippen MR) is 97.7 cm³/mol. The minimum atomic E-state index is -0.750. The number of methoxy groups -OCH3 is 2. The average Bonchev–Trinajstić information content (AvgIpc) is 2.66. The zero-order valence-corrected chi connectivity index (χ0v) is 15.5. The van der Waals surface area contributed by atoms with E-state index < -0.39 is 12.1 Å². The monoisotopic (exact) mass is 377 g/mol. The highest BCUT2D eigenvalue weighted by Gasteiger charge is 2.18. The highest BCUT2D eigenvalue weighted by Crippen LogP contribution is 2.29. The van der Waals surface area contributed by atoms with Crippen molar-refractivity contribution in [3.8, 4) is 11.5 Å². The van der Waals surface area contributed by atoms with Gasteiger partial charge in [-0.2, -0.15) is 0 Å². The van der Waals surface area contributed by atoms with Gasteiger partial charge in [0.1, 0.15) is 0 Å². The van der Waals surface area contributed by atoms with Crippen LogP contribution in [0.4, 0.5) is 0 Å². The smallest absolute Gasteiger partial charge is 0.337 e. The van der Waals surface area contributed by atoms with Gasteiger partial charge in [0.15, 0.2) is 17.6 Å². The Bertz CT molecular complexity index is 776. The van der Waals surface area contributed by atoms with E-state index in [4.69, 9.17) is 21.1 Å². The lowest BCUT2D eigenvalue weighted by molar-refractivity contribution is -0.127. The maximum absolute atomic E-state index is 12.2. The van der Waals surface area contributed by atoms with Crippen molar-refractivity contribution in [2.75, 3.05) is 14.2 Å². The van der Waals surface area contributed by atoms with Gasteiger partial charge in [0, 0.05) is 11.6 Å². The van der Waals surface area contributed by atoms with Gasteiger partial charge in [0.2, 0.25) is 0 Å². The van der Waals surface area contributed by atoms with Gasteiger partial charge in [-0.25, -0.2) is 4.79 Å². The zero-order valence-electron chi connectivity index (χ0n) is 14.7. The SMILES string of the molecule is COC(=O)c1ccc(OC(C)C(=O)NCc2ccc(Cl)cc2)c(OC)c1. The van der Waals surface area contributed by atoms with Gasteiger partial charge in [-0.05, 0) is 42.8 Å². The van der Waals surface area contributed by atoms with Crippen LogP contribution >= 0.6 is 11.6 Å². The van der Waals surface area contributed by atoms with Crippen molar-refractivity contribution in [3.63, 3.8) is 0 Å². The number of halogens is 1. The van der Waals surface area contributed by atoms with Crippen LogP contribution in [0.2, 0.25) is 5.02 Å². The fourth-order valence-electron chi connectivity index (χ4n) is 2.19. The summed E-state index contributed by atoms with van der Waals surface area (Å²) in [6, 6.07) is 11.8. The maximum atomic E-state index is 12.2. The van der Waals surface area contributed by atoms with E-state index in [9.17, 15) is 9.59 Å². The Kier molecular flexibility index (Phi) is 6.86. The molecule has 2 rings (SSSR count). The zero-order chi connectivity index (χ0) is 19.1. The Morgan fingerprint density at radius 2 is 1.77 bits per heavy atom. The van der Waals surface area contributed by atoms with Crippen LogP contribution in [-0.4, -0.2) is 32.2 Å². The number of nitrogens with one attached hydrogen (secondary N) is 1. The molecule has 0 saturated heterocycles. The lowest BCUT2D eigenvalue weighted by Crippen LogP contribution is -2.36. The number of amides is 1. The molecule has 7 heteroatoms. The van der Waals surface area contributed by atoms with E-state index in [1.165, 1.54) is 20.3 Å². The third-order valence-electron chi connectivity index (χ3n) is 3.64. The molecule has 0 saturated carbocycles. The molecule has 6 nitrogen and oxygen atoms in total. The molecule has 1 atom stereocenters. The average molecular weight is 378 g/mol. The normalized spacial score (nSPS) is 11.4. The molecule has 0 aromatic heterocycles. The molecule has 1 unspecified atom stereocenters. The summed E-state index contributed by atoms with van der Waals surface area (Å²) in [5.41, 5.74) is 1.26.